The molecule has 0 amide bonds. The van der Waals surface area contributed by atoms with Gasteiger partial charge >= 0.3 is 0 Å². The summed E-state index contributed by atoms with van der Waals surface area (Å²) < 4.78 is 1.02. The second-order valence-corrected chi connectivity index (χ2v) is 6.60. The first-order valence-corrected chi connectivity index (χ1v) is 8.25. The molecular weight excluding hydrogens is 316 g/mol. The minimum atomic E-state index is -0.448. The lowest BCUT2D eigenvalue weighted by atomic mass is 10.1. The molecule has 1 saturated heterocycles. The lowest BCUT2D eigenvalue weighted by molar-refractivity contribution is 0.199. The van der Waals surface area contributed by atoms with E-state index in [-0.39, 0.29) is 0 Å². The van der Waals surface area contributed by atoms with Gasteiger partial charge in [-0.15, -0.1) is 0 Å². The van der Waals surface area contributed by atoms with Crippen molar-refractivity contribution >= 4 is 21.6 Å². The summed E-state index contributed by atoms with van der Waals surface area (Å²) in [5.74, 6) is 0. The molecular formula is C16H25BrN2O. The molecule has 3 nitrogen and oxygen atoms in total. The predicted molar refractivity (Wildman–Crippen MR) is 88.3 cm³/mol. The Labute approximate surface area is 130 Å². The highest BCUT2D eigenvalue weighted by molar-refractivity contribution is 9.10. The summed E-state index contributed by atoms with van der Waals surface area (Å²) in [5.41, 5.74) is 2.12. The maximum atomic E-state index is 9.98. The van der Waals surface area contributed by atoms with Gasteiger partial charge in [-0.05, 0) is 51.1 Å². The van der Waals surface area contributed by atoms with Crippen molar-refractivity contribution in [3.8, 4) is 0 Å². The Morgan fingerprint density at radius 2 is 2.25 bits per heavy atom. The van der Waals surface area contributed by atoms with Crippen molar-refractivity contribution in [3.05, 3.63) is 28.2 Å². The van der Waals surface area contributed by atoms with Crippen LogP contribution in [0.2, 0.25) is 0 Å². The number of aliphatic hydroxyl groups excluding tert-OH is 1. The monoisotopic (exact) mass is 340 g/mol. The van der Waals surface area contributed by atoms with E-state index in [1.165, 1.54) is 19.4 Å². The number of hydrogen-bond acceptors (Lipinski definition) is 3. The number of likely N-dealkylation sites (tertiary alicyclic amines) is 1. The number of rotatable bonds is 5. The van der Waals surface area contributed by atoms with Gasteiger partial charge < -0.3 is 10.0 Å². The van der Waals surface area contributed by atoms with Crippen molar-refractivity contribution in [2.45, 2.75) is 38.8 Å². The molecule has 1 aromatic rings. The Morgan fingerprint density at radius 1 is 1.50 bits per heavy atom. The molecule has 2 atom stereocenters. The Bertz CT molecular complexity index is 450. The molecule has 4 heteroatoms. The first-order chi connectivity index (χ1) is 9.52. The topological polar surface area (TPSA) is 26.7 Å². The summed E-state index contributed by atoms with van der Waals surface area (Å²) in [7, 11) is 2.13. The molecule has 0 aliphatic carbocycles. The van der Waals surface area contributed by atoms with Crippen LogP contribution < -0.4 is 4.90 Å². The van der Waals surface area contributed by atoms with Crippen LogP contribution in [0.1, 0.15) is 38.4 Å². The molecule has 1 aromatic carbocycles. The standard InChI is InChI=1S/C16H25BrN2O/c1-4-19-9-5-6-14(19)11-18(3)16-8-7-13(17)10-15(16)12(2)20/h7-8,10,12,14,20H,4-6,9,11H2,1-3H3. The van der Waals surface area contributed by atoms with E-state index in [4.69, 9.17) is 0 Å². The van der Waals surface area contributed by atoms with Crippen LogP contribution in [0, 0.1) is 0 Å². The summed E-state index contributed by atoms with van der Waals surface area (Å²) in [5, 5.41) is 9.98. The van der Waals surface area contributed by atoms with E-state index < -0.39 is 6.10 Å². The molecule has 1 heterocycles. The van der Waals surface area contributed by atoms with Crippen LogP contribution in [0.5, 0.6) is 0 Å². The molecule has 112 valence electrons. The van der Waals surface area contributed by atoms with Crippen LogP contribution in [0.15, 0.2) is 22.7 Å². The van der Waals surface area contributed by atoms with Gasteiger partial charge in [0.2, 0.25) is 0 Å². The Balaban J connectivity index is 2.14. The van der Waals surface area contributed by atoms with Crippen molar-refractivity contribution < 1.29 is 5.11 Å². The van der Waals surface area contributed by atoms with E-state index in [2.05, 4.69) is 45.8 Å². The maximum absolute atomic E-state index is 9.98. The molecule has 0 radical (unpaired) electrons. The van der Waals surface area contributed by atoms with Gasteiger partial charge in [0.25, 0.3) is 0 Å². The predicted octanol–water partition coefficient (Wildman–Crippen LogP) is 3.42. The Kier molecular flexibility index (Phi) is 5.47. The number of aliphatic hydroxyl groups is 1. The molecule has 1 fully saturated rings. The molecule has 1 N–H and O–H groups in total. The molecule has 0 spiro atoms. The number of likely N-dealkylation sites (N-methyl/N-ethyl adjacent to an activating group) is 2. The van der Waals surface area contributed by atoms with Crippen molar-refractivity contribution in [1.29, 1.82) is 0 Å². The van der Waals surface area contributed by atoms with Gasteiger partial charge in [-0.1, -0.05) is 22.9 Å². The first kappa shape index (κ1) is 15.8. The van der Waals surface area contributed by atoms with Crippen LogP contribution in [0.3, 0.4) is 0 Å². The molecule has 0 bridgehead atoms. The van der Waals surface area contributed by atoms with Crippen LogP contribution >= 0.6 is 15.9 Å². The van der Waals surface area contributed by atoms with E-state index >= 15 is 0 Å². The van der Waals surface area contributed by atoms with Gasteiger partial charge in [-0.2, -0.15) is 0 Å². The molecule has 2 rings (SSSR count). The van der Waals surface area contributed by atoms with Gasteiger partial charge in [0.1, 0.15) is 0 Å². The number of halogens is 1. The number of hydrogen-bond donors (Lipinski definition) is 1. The first-order valence-electron chi connectivity index (χ1n) is 7.45. The Hall–Kier alpha value is -0.580. The zero-order valence-corrected chi connectivity index (χ0v) is 14.2. The normalized spacial score (nSPS) is 21.1. The molecule has 2 unspecified atom stereocenters. The summed E-state index contributed by atoms with van der Waals surface area (Å²) >= 11 is 3.48. The SMILES string of the molecule is CCN1CCCC1CN(C)c1ccc(Br)cc1C(C)O. The zero-order chi connectivity index (χ0) is 14.7. The van der Waals surface area contributed by atoms with Crippen molar-refractivity contribution in [1.82, 2.24) is 4.90 Å². The van der Waals surface area contributed by atoms with E-state index in [0.717, 1.165) is 28.8 Å². The van der Waals surface area contributed by atoms with Gasteiger partial charge in [-0.25, -0.2) is 0 Å². The summed E-state index contributed by atoms with van der Waals surface area (Å²) in [4.78, 5) is 4.84. The van der Waals surface area contributed by atoms with Crippen LogP contribution in [0.4, 0.5) is 5.69 Å². The fourth-order valence-electron chi connectivity index (χ4n) is 3.14. The van der Waals surface area contributed by atoms with Crippen molar-refractivity contribution in [2.24, 2.45) is 0 Å². The lowest BCUT2D eigenvalue weighted by Crippen LogP contribution is -2.39. The zero-order valence-electron chi connectivity index (χ0n) is 12.6. The highest BCUT2D eigenvalue weighted by atomic mass is 79.9. The summed E-state index contributed by atoms with van der Waals surface area (Å²) in [6, 6.07) is 6.79. The average molecular weight is 341 g/mol. The molecule has 20 heavy (non-hydrogen) atoms. The molecule has 0 aromatic heterocycles. The average Bonchev–Trinajstić information content (AvgIpc) is 2.85. The number of nitrogens with zero attached hydrogens (tertiary/aromatic N) is 2. The summed E-state index contributed by atoms with van der Waals surface area (Å²) in [6.07, 6.45) is 2.13. The smallest absolute Gasteiger partial charge is 0.0782 e. The quantitative estimate of drug-likeness (QED) is 0.889. The largest absolute Gasteiger partial charge is 0.389 e. The third-order valence-electron chi connectivity index (χ3n) is 4.24. The third-order valence-corrected chi connectivity index (χ3v) is 4.73. The van der Waals surface area contributed by atoms with E-state index in [1.807, 2.05) is 19.1 Å². The summed E-state index contributed by atoms with van der Waals surface area (Å²) in [6.45, 7) is 7.43. The van der Waals surface area contributed by atoms with Crippen molar-refractivity contribution in [3.63, 3.8) is 0 Å². The maximum Gasteiger partial charge on any atom is 0.0782 e. The second kappa shape index (κ2) is 6.92. The third kappa shape index (κ3) is 3.54. The fourth-order valence-corrected chi connectivity index (χ4v) is 3.52. The van der Waals surface area contributed by atoms with Crippen molar-refractivity contribution in [2.75, 3.05) is 31.6 Å². The molecule has 1 aliphatic rings. The highest BCUT2D eigenvalue weighted by Crippen LogP contribution is 2.30. The van der Waals surface area contributed by atoms with E-state index in [1.54, 1.807) is 0 Å². The van der Waals surface area contributed by atoms with Gasteiger partial charge in [0.15, 0.2) is 0 Å². The van der Waals surface area contributed by atoms with E-state index in [0.29, 0.717) is 6.04 Å². The number of anilines is 1. The minimum Gasteiger partial charge on any atom is -0.389 e. The Morgan fingerprint density at radius 3 is 2.90 bits per heavy atom. The van der Waals surface area contributed by atoms with Gasteiger partial charge in [0, 0.05) is 35.4 Å². The van der Waals surface area contributed by atoms with Crippen LogP contribution in [-0.4, -0.2) is 42.7 Å². The fraction of sp³-hybridized carbons (Fsp3) is 0.625. The number of benzene rings is 1. The lowest BCUT2D eigenvalue weighted by Gasteiger charge is -2.30. The molecule has 0 saturated carbocycles. The molecule has 1 aliphatic heterocycles. The van der Waals surface area contributed by atoms with Gasteiger partial charge in [0.05, 0.1) is 6.10 Å². The van der Waals surface area contributed by atoms with Gasteiger partial charge in [-0.3, -0.25) is 4.90 Å². The second-order valence-electron chi connectivity index (χ2n) is 5.68. The van der Waals surface area contributed by atoms with Crippen LogP contribution in [0.25, 0.3) is 0 Å². The van der Waals surface area contributed by atoms with E-state index in [9.17, 15) is 5.11 Å². The highest BCUT2D eigenvalue weighted by Gasteiger charge is 2.25. The van der Waals surface area contributed by atoms with Crippen LogP contribution in [-0.2, 0) is 0 Å². The minimum absolute atomic E-state index is 0.448.